The molecule has 0 aromatic carbocycles. The molecule has 0 aliphatic heterocycles. The first kappa shape index (κ1) is 10.3. The molecule has 0 amide bonds. The first-order valence-corrected chi connectivity index (χ1v) is 5.05. The van der Waals surface area contributed by atoms with Gasteiger partial charge in [0.05, 0.1) is 0 Å². The lowest BCUT2D eigenvalue weighted by atomic mass is 10.1. The van der Waals surface area contributed by atoms with Gasteiger partial charge in [-0.1, -0.05) is 13.8 Å². The van der Waals surface area contributed by atoms with E-state index < -0.39 is 0 Å². The van der Waals surface area contributed by atoms with Crippen molar-refractivity contribution in [3.63, 3.8) is 0 Å². The van der Waals surface area contributed by atoms with Gasteiger partial charge in [0.25, 0.3) is 0 Å². The number of hydrogen-bond acceptors (Lipinski definition) is 1. The van der Waals surface area contributed by atoms with E-state index in [-0.39, 0.29) is 0 Å². The Labute approximate surface area is 81.0 Å². The summed E-state index contributed by atoms with van der Waals surface area (Å²) in [4.78, 5) is 0. The molecule has 0 bridgehead atoms. The average Bonchev–Trinajstić information content (AvgIpc) is 2.50. The zero-order valence-electron chi connectivity index (χ0n) is 9.04. The van der Waals surface area contributed by atoms with Crippen LogP contribution in [0.3, 0.4) is 0 Å². The minimum Gasteiger partial charge on any atom is -0.354 e. The highest BCUT2D eigenvalue weighted by atomic mass is 15.0. The average molecular weight is 180 g/mol. The highest BCUT2D eigenvalue weighted by Gasteiger charge is 2.06. The molecule has 0 saturated carbocycles. The molecule has 0 aliphatic rings. The summed E-state index contributed by atoms with van der Waals surface area (Å²) in [6.45, 7) is 9.76. The van der Waals surface area contributed by atoms with Gasteiger partial charge in [-0.3, -0.25) is 0 Å². The van der Waals surface area contributed by atoms with Gasteiger partial charge in [0.2, 0.25) is 0 Å². The molecule has 1 heterocycles. The van der Waals surface area contributed by atoms with Crippen molar-refractivity contribution in [3.8, 4) is 0 Å². The molecule has 1 N–H and O–H groups in total. The summed E-state index contributed by atoms with van der Waals surface area (Å²) in [5.74, 6) is 0. The molecule has 13 heavy (non-hydrogen) atoms. The summed E-state index contributed by atoms with van der Waals surface area (Å²) in [6, 6.07) is 3.18. The van der Waals surface area contributed by atoms with Crippen molar-refractivity contribution in [1.29, 1.82) is 0 Å². The van der Waals surface area contributed by atoms with Gasteiger partial charge in [-0.25, -0.2) is 0 Å². The fraction of sp³-hybridized carbons (Fsp3) is 0.636. The first-order valence-electron chi connectivity index (χ1n) is 5.05. The van der Waals surface area contributed by atoms with Crippen LogP contribution in [0.2, 0.25) is 0 Å². The number of nitrogens with one attached hydrogen (secondary N) is 1. The Bertz CT molecular complexity index is 250. The van der Waals surface area contributed by atoms with Crippen LogP contribution in [0.4, 0.5) is 0 Å². The summed E-state index contributed by atoms with van der Waals surface area (Å²) in [5.41, 5.74) is 1.37. The monoisotopic (exact) mass is 180 g/mol. The van der Waals surface area contributed by atoms with Crippen LogP contribution in [0.5, 0.6) is 0 Å². The molecule has 2 nitrogen and oxygen atoms in total. The minimum absolute atomic E-state index is 0.452. The van der Waals surface area contributed by atoms with Crippen LogP contribution in [0.1, 0.15) is 39.3 Å². The molecular weight excluding hydrogens is 160 g/mol. The lowest BCUT2D eigenvalue weighted by molar-refractivity contribution is 0.505. The maximum atomic E-state index is 3.48. The molecule has 74 valence electrons. The van der Waals surface area contributed by atoms with E-state index in [1.165, 1.54) is 5.56 Å². The predicted molar refractivity (Wildman–Crippen MR) is 56.8 cm³/mol. The third-order valence-electron chi connectivity index (χ3n) is 2.22. The van der Waals surface area contributed by atoms with Gasteiger partial charge in [-0.2, -0.15) is 0 Å². The zero-order valence-corrected chi connectivity index (χ0v) is 9.04. The van der Waals surface area contributed by atoms with Crippen molar-refractivity contribution in [2.45, 2.75) is 46.3 Å². The Balaban J connectivity index is 2.60. The number of aryl methyl sites for hydroxylation is 1. The molecule has 1 rings (SSSR count). The van der Waals surface area contributed by atoms with Gasteiger partial charge in [0, 0.05) is 31.0 Å². The van der Waals surface area contributed by atoms with Crippen molar-refractivity contribution in [3.05, 3.63) is 24.0 Å². The minimum atomic E-state index is 0.452. The molecule has 0 aliphatic carbocycles. The summed E-state index contributed by atoms with van der Waals surface area (Å²) in [5, 5.41) is 3.48. The largest absolute Gasteiger partial charge is 0.354 e. The van der Waals surface area contributed by atoms with E-state index in [9.17, 15) is 0 Å². The maximum absolute atomic E-state index is 3.48. The molecule has 0 saturated heterocycles. The second-order valence-corrected chi connectivity index (χ2v) is 3.82. The Morgan fingerprint density at radius 3 is 2.54 bits per heavy atom. The summed E-state index contributed by atoms with van der Waals surface area (Å²) in [6.07, 6.45) is 4.34. The van der Waals surface area contributed by atoms with Crippen molar-refractivity contribution < 1.29 is 0 Å². The van der Waals surface area contributed by atoms with E-state index in [1.807, 2.05) is 0 Å². The Morgan fingerprint density at radius 2 is 2.08 bits per heavy atom. The van der Waals surface area contributed by atoms with Crippen LogP contribution in [-0.4, -0.2) is 10.6 Å². The highest BCUT2D eigenvalue weighted by Crippen LogP contribution is 2.13. The Hall–Kier alpha value is -0.760. The molecular formula is C11H20N2. The first-order chi connectivity index (χ1) is 6.13. The van der Waals surface area contributed by atoms with Crippen LogP contribution < -0.4 is 5.32 Å². The molecule has 0 spiro atoms. The topological polar surface area (TPSA) is 17.0 Å². The summed E-state index contributed by atoms with van der Waals surface area (Å²) >= 11 is 0. The number of rotatable bonds is 4. The van der Waals surface area contributed by atoms with Gasteiger partial charge in [0.1, 0.15) is 0 Å². The molecule has 2 heteroatoms. The maximum Gasteiger partial charge on any atom is 0.0309 e. The van der Waals surface area contributed by atoms with Gasteiger partial charge in [0.15, 0.2) is 0 Å². The third kappa shape index (κ3) is 2.88. The van der Waals surface area contributed by atoms with E-state index in [0.717, 1.165) is 6.54 Å². The number of aromatic nitrogens is 1. The van der Waals surface area contributed by atoms with E-state index in [2.05, 4.69) is 56.0 Å². The zero-order chi connectivity index (χ0) is 9.84. The standard InChI is InChI=1S/C11H20N2/c1-5-13-7-6-11(8-13)10(4)12-9(2)3/h6-10,12H,5H2,1-4H3. The fourth-order valence-corrected chi connectivity index (χ4v) is 1.51. The van der Waals surface area contributed by atoms with Crippen molar-refractivity contribution >= 4 is 0 Å². The van der Waals surface area contributed by atoms with Crippen LogP contribution in [0, 0.1) is 0 Å². The second kappa shape index (κ2) is 4.47. The number of nitrogens with zero attached hydrogens (tertiary/aromatic N) is 1. The fourth-order valence-electron chi connectivity index (χ4n) is 1.51. The SMILES string of the molecule is CCn1ccc(C(C)NC(C)C)c1. The van der Waals surface area contributed by atoms with Crippen molar-refractivity contribution in [2.24, 2.45) is 0 Å². The third-order valence-corrected chi connectivity index (χ3v) is 2.22. The number of hydrogen-bond donors (Lipinski definition) is 1. The Morgan fingerprint density at radius 1 is 1.38 bits per heavy atom. The van der Waals surface area contributed by atoms with Gasteiger partial charge in [-0.05, 0) is 25.5 Å². The summed E-state index contributed by atoms with van der Waals surface area (Å²) < 4.78 is 2.20. The van der Waals surface area contributed by atoms with Gasteiger partial charge >= 0.3 is 0 Å². The molecule has 0 fully saturated rings. The van der Waals surface area contributed by atoms with E-state index in [0.29, 0.717) is 12.1 Å². The highest BCUT2D eigenvalue weighted by molar-refractivity contribution is 5.14. The lowest BCUT2D eigenvalue weighted by Gasteiger charge is -2.15. The quantitative estimate of drug-likeness (QED) is 0.753. The van der Waals surface area contributed by atoms with Gasteiger partial charge in [-0.15, -0.1) is 0 Å². The van der Waals surface area contributed by atoms with E-state index >= 15 is 0 Å². The molecule has 1 aromatic rings. The van der Waals surface area contributed by atoms with Crippen LogP contribution in [-0.2, 0) is 6.54 Å². The lowest BCUT2D eigenvalue weighted by Crippen LogP contribution is -2.25. The Kier molecular flexibility index (Phi) is 3.55. The smallest absolute Gasteiger partial charge is 0.0309 e. The van der Waals surface area contributed by atoms with Crippen molar-refractivity contribution in [1.82, 2.24) is 9.88 Å². The predicted octanol–water partition coefficient (Wildman–Crippen LogP) is 2.57. The molecule has 1 aromatic heterocycles. The van der Waals surface area contributed by atoms with Gasteiger partial charge < -0.3 is 9.88 Å². The van der Waals surface area contributed by atoms with E-state index in [1.54, 1.807) is 0 Å². The molecule has 1 atom stereocenters. The van der Waals surface area contributed by atoms with Crippen molar-refractivity contribution in [2.75, 3.05) is 0 Å². The van der Waals surface area contributed by atoms with Crippen LogP contribution >= 0.6 is 0 Å². The summed E-state index contributed by atoms with van der Waals surface area (Å²) in [7, 11) is 0. The van der Waals surface area contributed by atoms with E-state index in [4.69, 9.17) is 0 Å². The van der Waals surface area contributed by atoms with Crippen LogP contribution in [0.25, 0.3) is 0 Å². The normalized spacial score (nSPS) is 13.6. The van der Waals surface area contributed by atoms with Crippen LogP contribution in [0.15, 0.2) is 18.5 Å². The molecule has 0 radical (unpaired) electrons. The molecule has 1 unspecified atom stereocenters. The second-order valence-electron chi connectivity index (χ2n) is 3.82.